The van der Waals surface area contributed by atoms with Crippen molar-refractivity contribution in [2.75, 3.05) is 12.4 Å². The van der Waals surface area contributed by atoms with Crippen molar-refractivity contribution in [2.45, 2.75) is 19.5 Å². The highest BCUT2D eigenvalue weighted by molar-refractivity contribution is 6.30. The SMILES string of the molecule is C[C@@H](C(=O)Nc1ccc(Cl)cc1)N(C)Cc1ccccc1. The molecule has 4 heteroatoms. The lowest BCUT2D eigenvalue weighted by atomic mass is 10.2. The molecule has 0 aliphatic heterocycles. The Labute approximate surface area is 130 Å². The van der Waals surface area contributed by atoms with Gasteiger partial charge in [0.1, 0.15) is 0 Å². The summed E-state index contributed by atoms with van der Waals surface area (Å²) in [6, 6.07) is 17.0. The number of amides is 1. The van der Waals surface area contributed by atoms with Gasteiger partial charge in [-0.25, -0.2) is 0 Å². The normalized spacial score (nSPS) is 12.2. The maximum absolute atomic E-state index is 12.2. The van der Waals surface area contributed by atoms with E-state index >= 15 is 0 Å². The van der Waals surface area contributed by atoms with Crippen molar-refractivity contribution >= 4 is 23.2 Å². The van der Waals surface area contributed by atoms with Crippen LogP contribution in [0.15, 0.2) is 54.6 Å². The minimum Gasteiger partial charge on any atom is -0.325 e. The van der Waals surface area contributed by atoms with Gasteiger partial charge in [0.05, 0.1) is 6.04 Å². The van der Waals surface area contributed by atoms with Gasteiger partial charge in [-0.15, -0.1) is 0 Å². The van der Waals surface area contributed by atoms with Crippen molar-refractivity contribution in [3.8, 4) is 0 Å². The summed E-state index contributed by atoms with van der Waals surface area (Å²) in [7, 11) is 1.94. The monoisotopic (exact) mass is 302 g/mol. The molecule has 0 aliphatic rings. The Balaban J connectivity index is 1.93. The van der Waals surface area contributed by atoms with Gasteiger partial charge in [-0.2, -0.15) is 0 Å². The summed E-state index contributed by atoms with van der Waals surface area (Å²) in [6.07, 6.45) is 0. The minimum atomic E-state index is -0.221. The number of carbonyl (C=O) groups excluding carboxylic acids is 1. The number of benzene rings is 2. The molecule has 0 unspecified atom stereocenters. The predicted octanol–water partition coefficient (Wildman–Crippen LogP) is 3.80. The molecule has 0 fully saturated rings. The van der Waals surface area contributed by atoms with Crippen LogP contribution in [0.5, 0.6) is 0 Å². The summed E-state index contributed by atoms with van der Waals surface area (Å²) in [5.41, 5.74) is 1.94. The van der Waals surface area contributed by atoms with Gasteiger partial charge >= 0.3 is 0 Å². The second kappa shape index (κ2) is 7.25. The third-order valence-electron chi connectivity index (χ3n) is 3.43. The maximum atomic E-state index is 12.2. The van der Waals surface area contributed by atoms with Crippen molar-refractivity contribution in [3.05, 3.63) is 65.2 Å². The number of anilines is 1. The number of carbonyl (C=O) groups is 1. The zero-order valence-electron chi connectivity index (χ0n) is 12.2. The van der Waals surface area contributed by atoms with E-state index in [1.807, 2.05) is 37.1 Å². The molecule has 2 aromatic carbocycles. The zero-order chi connectivity index (χ0) is 15.2. The van der Waals surface area contributed by atoms with Gasteiger partial charge in [0.15, 0.2) is 0 Å². The van der Waals surface area contributed by atoms with E-state index < -0.39 is 0 Å². The molecule has 1 amide bonds. The Bertz CT molecular complexity index is 583. The lowest BCUT2D eigenvalue weighted by Crippen LogP contribution is -2.39. The van der Waals surface area contributed by atoms with E-state index in [1.165, 1.54) is 5.56 Å². The summed E-state index contributed by atoms with van der Waals surface area (Å²) >= 11 is 5.83. The van der Waals surface area contributed by atoms with Gasteiger partial charge in [-0.05, 0) is 43.8 Å². The van der Waals surface area contributed by atoms with Gasteiger partial charge in [-0.1, -0.05) is 41.9 Å². The molecule has 0 aromatic heterocycles. The molecule has 2 aromatic rings. The van der Waals surface area contributed by atoms with Gasteiger partial charge in [0.25, 0.3) is 0 Å². The van der Waals surface area contributed by atoms with Crippen molar-refractivity contribution in [1.29, 1.82) is 0 Å². The second-order valence-corrected chi connectivity index (χ2v) is 5.51. The van der Waals surface area contributed by atoms with Crippen LogP contribution in [-0.4, -0.2) is 23.9 Å². The van der Waals surface area contributed by atoms with E-state index in [-0.39, 0.29) is 11.9 Å². The molecule has 1 atom stereocenters. The van der Waals surface area contributed by atoms with Crippen LogP contribution >= 0.6 is 11.6 Å². The Morgan fingerprint density at radius 1 is 1.14 bits per heavy atom. The topological polar surface area (TPSA) is 32.3 Å². The molecule has 1 N–H and O–H groups in total. The highest BCUT2D eigenvalue weighted by Crippen LogP contribution is 2.14. The zero-order valence-corrected chi connectivity index (χ0v) is 13.0. The van der Waals surface area contributed by atoms with Gasteiger partial charge in [-0.3, -0.25) is 9.69 Å². The minimum absolute atomic E-state index is 0.0317. The third kappa shape index (κ3) is 4.59. The fourth-order valence-corrected chi connectivity index (χ4v) is 2.11. The average Bonchev–Trinajstić information content (AvgIpc) is 2.49. The molecule has 0 bridgehead atoms. The maximum Gasteiger partial charge on any atom is 0.241 e. The van der Waals surface area contributed by atoms with Crippen LogP contribution in [0.3, 0.4) is 0 Å². The molecule has 21 heavy (non-hydrogen) atoms. The molecule has 0 saturated carbocycles. The first-order valence-electron chi connectivity index (χ1n) is 6.87. The standard InChI is InChI=1S/C17H19ClN2O/c1-13(20(2)12-14-6-4-3-5-7-14)17(21)19-16-10-8-15(18)9-11-16/h3-11,13H,12H2,1-2H3,(H,19,21)/t13-/m0/s1. The molecule has 0 radical (unpaired) electrons. The first-order valence-corrected chi connectivity index (χ1v) is 7.24. The fraction of sp³-hybridized carbons (Fsp3) is 0.235. The predicted molar refractivity (Wildman–Crippen MR) is 87.5 cm³/mol. The summed E-state index contributed by atoms with van der Waals surface area (Å²) in [5, 5.41) is 3.55. The van der Waals surface area contributed by atoms with Crippen LogP contribution < -0.4 is 5.32 Å². The smallest absolute Gasteiger partial charge is 0.241 e. The van der Waals surface area contributed by atoms with E-state index in [4.69, 9.17) is 11.6 Å². The number of rotatable bonds is 5. The van der Waals surface area contributed by atoms with E-state index in [9.17, 15) is 4.79 Å². The fourth-order valence-electron chi connectivity index (χ4n) is 1.99. The van der Waals surface area contributed by atoms with Crippen molar-refractivity contribution in [3.63, 3.8) is 0 Å². The lowest BCUT2D eigenvalue weighted by molar-refractivity contribution is -0.120. The van der Waals surface area contributed by atoms with E-state index in [2.05, 4.69) is 17.4 Å². The third-order valence-corrected chi connectivity index (χ3v) is 3.68. The number of nitrogens with zero attached hydrogens (tertiary/aromatic N) is 1. The van der Waals surface area contributed by atoms with Gasteiger partial charge in [0.2, 0.25) is 5.91 Å². The van der Waals surface area contributed by atoms with Crippen LogP contribution in [0.25, 0.3) is 0 Å². The van der Waals surface area contributed by atoms with Crippen LogP contribution in [0.2, 0.25) is 5.02 Å². The molecule has 0 aliphatic carbocycles. The van der Waals surface area contributed by atoms with Crippen LogP contribution in [-0.2, 0) is 11.3 Å². The summed E-state index contributed by atoms with van der Waals surface area (Å²) in [5.74, 6) is -0.0317. The molecule has 0 spiro atoms. The quantitative estimate of drug-likeness (QED) is 0.911. The van der Waals surface area contributed by atoms with E-state index in [0.29, 0.717) is 5.02 Å². The Morgan fingerprint density at radius 3 is 2.38 bits per heavy atom. The highest BCUT2D eigenvalue weighted by Gasteiger charge is 2.18. The Morgan fingerprint density at radius 2 is 1.76 bits per heavy atom. The molecule has 110 valence electrons. The number of likely N-dealkylation sites (N-methyl/N-ethyl adjacent to an activating group) is 1. The summed E-state index contributed by atoms with van der Waals surface area (Å²) in [6.45, 7) is 2.63. The molecular formula is C17H19ClN2O. The first kappa shape index (κ1) is 15.5. The number of nitrogens with one attached hydrogen (secondary N) is 1. The number of halogens is 1. The van der Waals surface area contributed by atoms with Crippen molar-refractivity contribution < 1.29 is 4.79 Å². The average molecular weight is 303 g/mol. The Hall–Kier alpha value is -1.84. The number of hydrogen-bond donors (Lipinski definition) is 1. The second-order valence-electron chi connectivity index (χ2n) is 5.07. The van der Waals surface area contributed by atoms with E-state index in [1.54, 1.807) is 24.3 Å². The summed E-state index contributed by atoms with van der Waals surface area (Å²) in [4.78, 5) is 14.3. The Kier molecular flexibility index (Phi) is 5.37. The first-order chi connectivity index (χ1) is 10.1. The lowest BCUT2D eigenvalue weighted by Gasteiger charge is -2.24. The van der Waals surface area contributed by atoms with E-state index in [0.717, 1.165) is 12.2 Å². The largest absolute Gasteiger partial charge is 0.325 e. The molecular weight excluding hydrogens is 284 g/mol. The van der Waals surface area contributed by atoms with Gasteiger partial charge < -0.3 is 5.32 Å². The summed E-state index contributed by atoms with van der Waals surface area (Å²) < 4.78 is 0. The van der Waals surface area contributed by atoms with Crippen molar-refractivity contribution in [1.82, 2.24) is 4.90 Å². The molecule has 0 saturated heterocycles. The highest BCUT2D eigenvalue weighted by atomic mass is 35.5. The molecule has 2 rings (SSSR count). The van der Waals surface area contributed by atoms with Crippen LogP contribution in [0, 0.1) is 0 Å². The van der Waals surface area contributed by atoms with Crippen molar-refractivity contribution in [2.24, 2.45) is 0 Å². The number of hydrogen-bond acceptors (Lipinski definition) is 2. The van der Waals surface area contributed by atoms with Crippen LogP contribution in [0.4, 0.5) is 5.69 Å². The molecule has 3 nitrogen and oxygen atoms in total. The molecule has 0 heterocycles. The van der Waals surface area contributed by atoms with Gasteiger partial charge in [0, 0.05) is 17.3 Å². The van der Waals surface area contributed by atoms with Crippen LogP contribution in [0.1, 0.15) is 12.5 Å².